The molecule has 0 radical (unpaired) electrons. The van der Waals surface area contributed by atoms with E-state index in [1.807, 2.05) is 53.4 Å². The molecule has 0 bridgehead atoms. The molecule has 4 aromatic rings. The molecule has 1 aliphatic carbocycles. The monoisotopic (exact) mass is 619 g/mol. The molecule has 4 aromatic carbocycles. The quantitative estimate of drug-likeness (QED) is 0.219. The van der Waals surface area contributed by atoms with Gasteiger partial charge in [0.05, 0.1) is 0 Å². The van der Waals surface area contributed by atoms with E-state index in [9.17, 15) is 0 Å². The van der Waals surface area contributed by atoms with Crippen molar-refractivity contribution < 1.29 is 24.7 Å². The Bertz CT molecular complexity index is 1930. The first-order chi connectivity index (χ1) is 24.4. The van der Waals surface area contributed by atoms with Gasteiger partial charge in [0.15, 0.2) is 0 Å². The number of anilines is 3. The van der Waals surface area contributed by atoms with Gasteiger partial charge in [-0.2, -0.15) is 0 Å². The van der Waals surface area contributed by atoms with Crippen molar-refractivity contribution in [2.45, 2.75) is 51.9 Å². The summed E-state index contributed by atoms with van der Waals surface area (Å²) >= 11 is 6.88. The Hall–Kier alpha value is -2.36. The second-order valence-corrected chi connectivity index (χ2v) is 10.7. The summed E-state index contributed by atoms with van der Waals surface area (Å²) in [6, 6.07) is 24.4. The van der Waals surface area contributed by atoms with Crippen LogP contribution in [0.3, 0.4) is 0 Å². The van der Waals surface area contributed by atoms with Crippen LogP contribution in [-0.2, 0) is 10.8 Å². The van der Waals surface area contributed by atoms with Gasteiger partial charge in [0, 0.05) is 50.7 Å². The highest BCUT2D eigenvalue weighted by Crippen LogP contribution is 2.61. The molecule has 0 aliphatic heterocycles. The fourth-order valence-electron chi connectivity index (χ4n) is 4.50. The second kappa shape index (κ2) is 8.89. The van der Waals surface area contributed by atoms with Gasteiger partial charge in [-0.1, -0.05) is 103 Å². The van der Waals surface area contributed by atoms with Crippen LogP contribution >= 0.6 is 31.9 Å². The molecule has 0 heterocycles. The molecule has 0 spiro atoms. The third-order valence-corrected chi connectivity index (χ3v) is 7.62. The van der Waals surface area contributed by atoms with Gasteiger partial charge in [0.25, 0.3) is 0 Å². The fourth-order valence-corrected chi connectivity index (χ4v) is 5.03. The van der Waals surface area contributed by atoms with Gasteiger partial charge in [0.1, 0.15) is 0 Å². The molecule has 5 rings (SSSR count). The molecule has 184 valence electrons. The minimum absolute atomic E-state index is 0.0388. The lowest BCUT2D eigenvalue weighted by molar-refractivity contribution is 0.125. The Morgan fingerprint density at radius 3 is 1.67 bits per heavy atom. The maximum atomic E-state index is 8.74. The van der Waals surface area contributed by atoms with Gasteiger partial charge in [-0.15, -0.1) is 0 Å². The molecule has 0 amide bonds. The van der Waals surface area contributed by atoms with Crippen molar-refractivity contribution in [1.82, 2.24) is 0 Å². The molecule has 0 unspecified atom stereocenters. The molecule has 0 aromatic heterocycles. The minimum Gasteiger partial charge on any atom is -0.310 e. The van der Waals surface area contributed by atoms with Gasteiger partial charge in [-0.25, -0.2) is 0 Å². The van der Waals surface area contributed by atoms with Gasteiger partial charge in [-0.3, -0.25) is 0 Å². The Kier molecular flexibility index (Phi) is 2.86. The number of hydrogen-bond acceptors (Lipinski definition) is 1. The van der Waals surface area contributed by atoms with Crippen LogP contribution in [0.25, 0.3) is 11.1 Å². The molecule has 0 fully saturated rings. The van der Waals surface area contributed by atoms with Gasteiger partial charge < -0.3 is 4.90 Å². The van der Waals surface area contributed by atoms with Crippen molar-refractivity contribution in [2.75, 3.05) is 4.90 Å². The predicted octanol–water partition coefficient (Wildman–Crippen LogP) is 10.9. The van der Waals surface area contributed by atoms with E-state index in [1.54, 1.807) is 24.3 Å². The average molecular weight is 622 g/mol. The Morgan fingerprint density at radius 2 is 1.11 bits per heavy atom. The van der Waals surface area contributed by atoms with E-state index < -0.39 is 68.5 Å². The number of hydrogen-bond donors (Lipinski definition) is 0. The summed E-state index contributed by atoms with van der Waals surface area (Å²) < 4.78 is 158. The summed E-state index contributed by atoms with van der Waals surface area (Å²) in [7, 11) is 0. The summed E-state index contributed by atoms with van der Waals surface area (Å²) in [5.41, 5.74) is -12.3. The standard InChI is InChI=1S/C33H33Br2N/c1-31(2)29-19-10-23(21-30(29)32(3,4)33(31,5)6)22-8-7-9-28(20-22)36(26-15-11-24(34)12-16-26)27-17-13-25(35)14-18-27/h7-21H,1-6H3/i1D3,2D3,3D3,4D3,5D3,6D3. The summed E-state index contributed by atoms with van der Waals surface area (Å²) in [5, 5.41) is 0. The first-order valence-electron chi connectivity index (χ1n) is 20.0. The van der Waals surface area contributed by atoms with Crippen LogP contribution in [0, 0.1) is 5.41 Å². The van der Waals surface area contributed by atoms with E-state index in [0.29, 0.717) is 11.3 Å². The third-order valence-electron chi connectivity index (χ3n) is 6.56. The zero-order chi connectivity index (χ0) is 40.9. The normalized spacial score (nSPS) is 26.5. The highest BCUT2D eigenvalue weighted by atomic mass is 79.9. The van der Waals surface area contributed by atoms with Crippen LogP contribution in [0.2, 0.25) is 0 Å². The van der Waals surface area contributed by atoms with Crippen molar-refractivity contribution in [2.24, 2.45) is 5.41 Å². The SMILES string of the molecule is [2H]C([2H])([2H])C1(C([2H])([2H])[2H])c2ccc(-c3cccc(N(c4ccc(Br)cc4)c4ccc(Br)cc4)c3)cc2C(C([2H])([2H])[2H])(C([2H])([2H])[2H])C1(C([2H])([2H])[2H])C([2H])([2H])[2H]. The van der Waals surface area contributed by atoms with E-state index in [-0.39, 0.29) is 5.56 Å². The van der Waals surface area contributed by atoms with E-state index in [2.05, 4.69) is 31.9 Å². The van der Waals surface area contributed by atoms with Crippen LogP contribution < -0.4 is 4.90 Å². The molecule has 36 heavy (non-hydrogen) atoms. The van der Waals surface area contributed by atoms with Crippen LogP contribution in [0.5, 0.6) is 0 Å². The van der Waals surface area contributed by atoms with Crippen LogP contribution in [0.4, 0.5) is 17.1 Å². The van der Waals surface area contributed by atoms with Gasteiger partial charge >= 0.3 is 0 Å². The number of benzene rings is 4. The summed E-state index contributed by atoms with van der Waals surface area (Å²) in [6.07, 6.45) is 0. The van der Waals surface area contributed by atoms with Gasteiger partial charge in [0.2, 0.25) is 0 Å². The van der Waals surface area contributed by atoms with E-state index >= 15 is 0 Å². The topological polar surface area (TPSA) is 3.24 Å². The van der Waals surface area contributed by atoms with Crippen molar-refractivity contribution in [3.05, 3.63) is 111 Å². The number of rotatable bonds is 4. The molecule has 0 saturated carbocycles. The second-order valence-electron chi connectivity index (χ2n) is 8.85. The Balaban J connectivity index is 1.96. The summed E-state index contributed by atoms with van der Waals surface area (Å²) in [4.78, 5) is 1.88. The molecule has 0 saturated heterocycles. The van der Waals surface area contributed by atoms with Crippen molar-refractivity contribution in [1.29, 1.82) is 0 Å². The largest absolute Gasteiger partial charge is 0.310 e. The first-order valence-corrected chi connectivity index (χ1v) is 12.6. The first kappa shape index (κ1) is 11.6. The molecule has 1 aliphatic rings. The van der Waals surface area contributed by atoms with Crippen LogP contribution in [0.15, 0.2) is 99.9 Å². The minimum atomic E-state index is -4.45. The highest BCUT2D eigenvalue weighted by Gasteiger charge is 2.56. The number of nitrogens with zero attached hydrogens (tertiary/aromatic N) is 1. The van der Waals surface area contributed by atoms with Crippen LogP contribution in [-0.4, -0.2) is 0 Å². The number of halogens is 2. The zero-order valence-corrected chi connectivity index (χ0v) is 22.0. The maximum absolute atomic E-state index is 8.74. The molecule has 1 nitrogen and oxygen atoms in total. The average Bonchev–Trinajstić information content (AvgIpc) is 3.31. The molecule has 0 atom stereocenters. The van der Waals surface area contributed by atoms with E-state index in [1.165, 1.54) is 6.07 Å². The predicted molar refractivity (Wildman–Crippen MR) is 162 cm³/mol. The summed E-state index contributed by atoms with van der Waals surface area (Å²) in [5.74, 6) is 0. The molecular formula is C33H33Br2N. The lowest BCUT2D eigenvalue weighted by Gasteiger charge is -2.44. The van der Waals surface area contributed by atoms with Gasteiger partial charge in [-0.05, 0) is 99.2 Å². The van der Waals surface area contributed by atoms with Crippen LogP contribution in [0.1, 0.15) is 76.9 Å². The van der Waals surface area contributed by atoms with Crippen molar-refractivity contribution in [3.63, 3.8) is 0 Å². The lowest BCUT2D eigenvalue weighted by atomic mass is 9.59. The molecule has 3 heteroatoms. The third kappa shape index (κ3) is 3.96. The van der Waals surface area contributed by atoms with E-state index in [4.69, 9.17) is 24.7 Å². The molecular weight excluding hydrogens is 570 g/mol. The summed E-state index contributed by atoms with van der Waals surface area (Å²) in [6.45, 7) is -25.1. The highest BCUT2D eigenvalue weighted by molar-refractivity contribution is 9.10. The lowest BCUT2D eigenvalue weighted by Crippen LogP contribution is -2.42. The van der Waals surface area contributed by atoms with E-state index in [0.717, 1.165) is 32.5 Å². The smallest absolute Gasteiger partial charge is 0.0467 e. The Labute approximate surface area is 258 Å². The maximum Gasteiger partial charge on any atom is 0.0467 e. The Morgan fingerprint density at radius 1 is 0.556 bits per heavy atom. The zero-order valence-electron chi connectivity index (χ0n) is 36.9. The fraction of sp³-hybridized carbons (Fsp3) is 0.273. The number of fused-ring (bicyclic) bond motifs is 1. The van der Waals surface area contributed by atoms with Crippen molar-refractivity contribution >= 4 is 48.9 Å². The molecule has 0 N–H and O–H groups in total. The van der Waals surface area contributed by atoms with Crippen molar-refractivity contribution in [3.8, 4) is 11.1 Å².